The number of aliphatic hydroxyl groups is 1. The van der Waals surface area contributed by atoms with Crippen molar-refractivity contribution >= 4 is 0 Å². The van der Waals surface area contributed by atoms with Crippen molar-refractivity contribution in [2.24, 2.45) is 0 Å². The van der Waals surface area contributed by atoms with Crippen LogP contribution in [0, 0.1) is 0 Å². The van der Waals surface area contributed by atoms with Gasteiger partial charge < -0.3 is 15.2 Å². The highest BCUT2D eigenvalue weighted by Crippen LogP contribution is 2.06. The van der Waals surface area contributed by atoms with E-state index in [2.05, 4.69) is 10.3 Å². The summed E-state index contributed by atoms with van der Waals surface area (Å²) >= 11 is 0. The molecule has 1 aliphatic rings. The van der Waals surface area contributed by atoms with Crippen LogP contribution in [0.1, 0.15) is 5.56 Å². The quantitative estimate of drug-likeness (QED) is 0.707. The molecule has 4 heteroatoms. The molecule has 0 aliphatic carbocycles. The summed E-state index contributed by atoms with van der Waals surface area (Å²) in [6.45, 7) is 1.74. The summed E-state index contributed by atoms with van der Waals surface area (Å²) in [5.74, 6) is 0. The molecule has 1 aromatic heterocycles. The number of rotatable bonds is 3. The third-order valence-corrected chi connectivity index (χ3v) is 2.34. The highest BCUT2D eigenvalue weighted by atomic mass is 16.5. The summed E-state index contributed by atoms with van der Waals surface area (Å²) in [6, 6.07) is 3.95. The predicted molar refractivity (Wildman–Crippen MR) is 51.7 cm³/mol. The molecule has 0 bridgehead atoms. The molecular weight excluding hydrogens is 180 g/mol. The summed E-state index contributed by atoms with van der Waals surface area (Å²) in [5.41, 5.74) is 1.12. The first kappa shape index (κ1) is 9.58. The molecule has 1 fully saturated rings. The van der Waals surface area contributed by atoms with E-state index < -0.39 is 0 Å². The van der Waals surface area contributed by atoms with Gasteiger partial charge >= 0.3 is 0 Å². The summed E-state index contributed by atoms with van der Waals surface area (Å²) in [6.07, 6.45) is 3.18. The van der Waals surface area contributed by atoms with Crippen molar-refractivity contribution < 1.29 is 9.84 Å². The Kier molecular flexibility index (Phi) is 3.08. The first-order valence-electron chi connectivity index (χ1n) is 4.74. The van der Waals surface area contributed by atoms with Gasteiger partial charge in [-0.2, -0.15) is 0 Å². The van der Waals surface area contributed by atoms with E-state index in [1.807, 2.05) is 18.3 Å². The van der Waals surface area contributed by atoms with Gasteiger partial charge in [0, 0.05) is 18.9 Å². The Bertz CT molecular complexity index is 279. The van der Waals surface area contributed by atoms with Gasteiger partial charge in [-0.25, -0.2) is 0 Å². The van der Waals surface area contributed by atoms with Crippen LogP contribution in [0.2, 0.25) is 0 Å². The van der Waals surface area contributed by atoms with Gasteiger partial charge in [-0.3, -0.25) is 4.98 Å². The number of ether oxygens (including phenoxy) is 1. The van der Waals surface area contributed by atoms with E-state index in [9.17, 15) is 5.11 Å². The fraction of sp³-hybridized carbons (Fsp3) is 0.500. The van der Waals surface area contributed by atoms with Crippen molar-refractivity contribution in [2.75, 3.05) is 13.2 Å². The minimum absolute atomic E-state index is 0.0511. The number of nitrogens with one attached hydrogen (secondary N) is 1. The molecule has 0 aromatic carbocycles. The van der Waals surface area contributed by atoms with E-state index in [1.54, 1.807) is 6.20 Å². The van der Waals surface area contributed by atoms with Gasteiger partial charge in [0.15, 0.2) is 0 Å². The molecular formula is C10H14N2O2. The highest BCUT2D eigenvalue weighted by molar-refractivity contribution is 5.08. The lowest BCUT2D eigenvalue weighted by molar-refractivity contribution is 0.122. The second-order valence-electron chi connectivity index (χ2n) is 3.45. The Hall–Kier alpha value is -0.970. The van der Waals surface area contributed by atoms with Gasteiger partial charge in [-0.15, -0.1) is 0 Å². The molecule has 2 atom stereocenters. The van der Waals surface area contributed by atoms with Crippen LogP contribution in [-0.4, -0.2) is 35.5 Å². The first-order chi connectivity index (χ1) is 6.86. The van der Waals surface area contributed by atoms with Crippen LogP contribution in [0.5, 0.6) is 0 Å². The van der Waals surface area contributed by atoms with Crippen LogP contribution in [-0.2, 0) is 11.3 Å². The van der Waals surface area contributed by atoms with Crippen molar-refractivity contribution in [3.05, 3.63) is 30.1 Å². The fourth-order valence-electron chi connectivity index (χ4n) is 1.49. The average molecular weight is 194 g/mol. The molecule has 0 amide bonds. The third kappa shape index (κ3) is 2.29. The van der Waals surface area contributed by atoms with Gasteiger partial charge in [0.05, 0.1) is 25.4 Å². The van der Waals surface area contributed by atoms with Crippen molar-refractivity contribution in [3.8, 4) is 0 Å². The molecule has 0 radical (unpaired) electrons. The maximum absolute atomic E-state index is 9.46. The lowest BCUT2D eigenvalue weighted by Crippen LogP contribution is -2.38. The molecule has 1 aromatic rings. The van der Waals surface area contributed by atoms with Gasteiger partial charge in [-0.1, -0.05) is 6.07 Å². The molecule has 0 saturated carbocycles. The molecule has 2 rings (SSSR count). The Morgan fingerprint density at radius 2 is 2.50 bits per heavy atom. The largest absolute Gasteiger partial charge is 0.389 e. The number of nitrogens with zero attached hydrogens (tertiary/aromatic N) is 1. The van der Waals surface area contributed by atoms with Crippen molar-refractivity contribution in [1.82, 2.24) is 10.3 Å². The zero-order valence-corrected chi connectivity index (χ0v) is 7.89. The second-order valence-corrected chi connectivity index (χ2v) is 3.45. The molecule has 0 spiro atoms. The van der Waals surface area contributed by atoms with Crippen molar-refractivity contribution in [3.63, 3.8) is 0 Å². The van der Waals surface area contributed by atoms with Crippen LogP contribution < -0.4 is 5.32 Å². The SMILES string of the molecule is O[C@@H]1COC[C@H]1NCc1cccnc1. The third-order valence-electron chi connectivity index (χ3n) is 2.34. The number of hydrogen-bond acceptors (Lipinski definition) is 4. The molecule has 1 saturated heterocycles. The van der Waals surface area contributed by atoms with Gasteiger partial charge in [-0.05, 0) is 11.6 Å². The summed E-state index contributed by atoms with van der Waals surface area (Å²) in [4.78, 5) is 4.02. The van der Waals surface area contributed by atoms with E-state index in [0.717, 1.165) is 12.1 Å². The van der Waals surface area contributed by atoms with Crippen LogP contribution >= 0.6 is 0 Å². The number of hydrogen-bond donors (Lipinski definition) is 2. The topological polar surface area (TPSA) is 54.4 Å². The molecule has 76 valence electrons. The Balaban J connectivity index is 1.82. The zero-order valence-electron chi connectivity index (χ0n) is 7.89. The van der Waals surface area contributed by atoms with E-state index in [1.165, 1.54) is 0 Å². The zero-order chi connectivity index (χ0) is 9.80. The first-order valence-corrected chi connectivity index (χ1v) is 4.74. The van der Waals surface area contributed by atoms with Crippen LogP contribution in [0.15, 0.2) is 24.5 Å². The van der Waals surface area contributed by atoms with Crippen molar-refractivity contribution in [1.29, 1.82) is 0 Å². The number of aliphatic hydroxyl groups excluding tert-OH is 1. The van der Waals surface area contributed by atoms with Crippen LogP contribution in [0.4, 0.5) is 0 Å². The van der Waals surface area contributed by atoms with E-state index in [0.29, 0.717) is 13.2 Å². The summed E-state index contributed by atoms with van der Waals surface area (Å²) in [7, 11) is 0. The molecule has 2 heterocycles. The smallest absolute Gasteiger partial charge is 0.0948 e. The van der Waals surface area contributed by atoms with Crippen molar-refractivity contribution in [2.45, 2.75) is 18.7 Å². The summed E-state index contributed by atoms with van der Waals surface area (Å²) in [5, 5.41) is 12.7. The molecule has 2 N–H and O–H groups in total. The molecule has 4 nitrogen and oxygen atoms in total. The Morgan fingerprint density at radius 3 is 3.14 bits per heavy atom. The Morgan fingerprint density at radius 1 is 1.57 bits per heavy atom. The van der Waals surface area contributed by atoms with Crippen LogP contribution in [0.25, 0.3) is 0 Å². The maximum atomic E-state index is 9.46. The minimum atomic E-state index is -0.383. The van der Waals surface area contributed by atoms with Gasteiger partial charge in [0.25, 0.3) is 0 Å². The van der Waals surface area contributed by atoms with Crippen LogP contribution in [0.3, 0.4) is 0 Å². The van der Waals surface area contributed by atoms with Gasteiger partial charge in [0.1, 0.15) is 0 Å². The molecule has 1 aliphatic heterocycles. The van der Waals surface area contributed by atoms with E-state index in [4.69, 9.17) is 4.74 Å². The number of pyridine rings is 1. The van der Waals surface area contributed by atoms with E-state index in [-0.39, 0.29) is 12.1 Å². The average Bonchev–Trinajstić information content (AvgIpc) is 2.63. The monoisotopic (exact) mass is 194 g/mol. The van der Waals surface area contributed by atoms with Gasteiger partial charge in [0.2, 0.25) is 0 Å². The van der Waals surface area contributed by atoms with E-state index >= 15 is 0 Å². The molecule has 14 heavy (non-hydrogen) atoms. The minimum Gasteiger partial charge on any atom is -0.389 e. The lowest BCUT2D eigenvalue weighted by atomic mass is 10.2. The standard InChI is InChI=1S/C10H14N2O2/c13-10-7-14-6-9(10)12-5-8-2-1-3-11-4-8/h1-4,9-10,12-13H,5-7H2/t9-,10-/m1/s1. The second kappa shape index (κ2) is 4.50. The number of aromatic nitrogens is 1. The summed E-state index contributed by atoms with van der Waals surface area (Å²) < 4.78 is 5.13. The lowest BCUT2D eigenvalue weighted by Gasteiger charge is -2.13. The predicted octanol–water partition coefficient (Wildman–Crippen LogP) is -0.0691. The highest BCUT2D eigenvalue weighted by Gasteiger charge is 2.25. The Labute approximate surface area is 82.9 Å². The maximum Gasteiger partial charge on any atom is 0.0948 e. The fourth-order valence-corrected chi connectivity index (χ4v) is 1.49. The normalized spacial score (nSPS) is 26.6. The molecule has 0 unspecified atom stereocenters.